The fraction of sp³-hybridized carbons (Fsp3) is 0.556. The Morgan fingerprint density at radius 2 is 1.96 bits per heavy atom. The van der Waals surface area contributed by atoms with Crippen molar-refractivity contribution in [3.05, 3.63) is 30.1 Å². The van der Waals surface area contributed by atoms with Gasteiger partial charge in [0.05, 0.1) is 6.54 Å². The molecule has 3 rings (SSSR count). The lowest BCUT2D eigenvalue weighted by molar-refractivity contribution is -0.133. The van der Waals surface area contributed by atoms with Crippen LogP contribution in [0.4, 0.5) is 9.18 Å². The zero-order valence-electron chi connectivity index (χ0n) is 14.2. The van der Waals surface area contributed by atoms with Gasteiger partial charge in [-0.15, -0.1) is 0 Å². The Kier molecular flexibility index (Phi) is 4.94. The van der Waals surface area contributed by atoms with Crippen molar-refractivity contribution in [1.82, 2.24) is 10.2 Å². The number of nitrogens with one attached hydrogen (secondary N) is 1. The van der Waals surface area contributed by atoms with Gasteiger partial charge in [-0.05, 0) is 55.9 Å². The smallest absolute Gasteiger partial charge is 0.325 e. The van der Waals surface area contributed by atoms with E-state index in [2.05, 4.69) is 12.2 Å². The van der Waals surface area contributed by atoms with E-state index in [4.69, 9.17) is 4.74 Å². The number of halogens is 1. The first-order valence-corrected chi connectivity index (χ1v) is 8.60. The molecule has 2 N–H and O–H groups in total. The van der Waals surface area contributed by atoms with Gasteiger partial charge in [-0.25, -0.2) is 9.18 Å². The van der Waals surface area contributed by atoms with E-state index in [9.17, 15) is 19.1 Å². The second-order valence-electron chi connectivity index (χ2n) is 7.03. The maximum atomic E-state index is 12.8. The number of imide groups is 1. The molecule has 1 aromatic rings. The van der Waals surface area contributed by atoms with E-state index in [-0.39, 0.29) is 24.9 Å². The highest BCUT2D eigenvalue weighted by Gasteiger charge is 2.52. The Morgan fingerprint density at radius 1 is 1.32 bits per heavy atom. The number of rotatable bonds is 5. The minimum absolute atomic E-state index is 0.0905. The van der Waals surface area contributed by atoms with Crippen molar-refractivity contribution in [3.63, 3.8) is 0 Å². The molecule has 3 amide bonds. The van der Waals surface area contributed by atoms with Crippen LogP contribution in [0.25, 0.3) is 0 Å². The van der Waals surface area contributed by atoms with Crippen LogP contribution in [0.5, 0.6) is 5.75 Å². The molecule has 1 saturated heterocycles. The first kappa shape index (κ1) is 17.7. The molecule has 1 aromatic carbocycles. The largest absolute Gasteiger partial charge is 0.491 e. The van der Waals surface area contributed by atoms with Crippen molar-refractivity contribution in [3.8, 4) is 5.75 Å². The number of benzene rings is 1. The Hall–Kier alpha value is -2.15. The highest BCUT2D eigenvalue weighted by molar-refractivity contribution is 6.07. The molecule has 1 aliphatic heterocycles. The van der Waals surface area contributed by atoms with Gasteiger partial charge in [0.1, 0.15) is 29.8 Å². The summed E-state index contributed by atoms with van der Waals surface area (Å²) in [4.78, 5) is 26.0. The summed E-state index contributed by atoms with van der Waals surface area (Å²) < 4.78 is 18.2. The number of nitrogens with zero attached hydrogens (tertiary/aromatic N) is 1. The SMILES string of the molecule is CC1CCC2(CC1)NC(=O)N(C[C@@H](O)COc1ccc(F)cc1)C2=O. The minimum Gasteiger partial charge on any atom is -0.491 e. The molecule has 1 heterocycles. The molecule has 0 aromatic heterocycles. The van der Waals surface area contributed by atoms with Crippen LogP contribution in [0.2, 0.25) is 0 Å². The molecule has 1 spiro atoms. The van der Waals surface area contributed by atoms with Crippen LogP contribution < -0.4 is 10.1 Å². The van der Waals surface area contributed by atoms with Crippen molar-refractivity contribution in [2.45, 2.75) is 44.2 Å². The molecule has 136 valence electrons. The standard InChI is InChI=1S/C18H23FN2O4/c1-12-6-8-18(9-7-12)16(23)21(17(24)20-18)10-14(22)11-25-15-4-2-13(19)3-5-15/h2-5,12,14,22H,6-11H2,1H3,(H,20,24)/t12?,14-,18?/m1/s1. The van der Waals surface area contributed by atoms with E-state index in [1.165, 1.54) is 24.3 Å². The molecule has 6 nitrogen and oxygen atoms in total. The Bertz CT molecular complexity index is 641. The van der Waals surface area contributed by atoms with Gasteiger partial charge in [0.15, 0.2) is 0 Å². The number of carbonyl (C=O) groups excluding carboxylic acids is 2. The Balaban J connectivity index is 1.55. The second kappa shape index (κ2) is 7.00. The predicted octanol–water partition coefficient (Wildman–Crippen LogP) is 2.07. The van der Waals surface area contributed by atoms with E-state index >= 15 is 0 Å². The van der Waals surface area contributed by atoms with Crippen LogP contribution in [0.15, 0.2) is 24.3 Å². The number of ether oxygens (including phenoxy) is 1. The van der Waals surface area contributed by atoms with Crippen molar-refractivity contribution < 1.29 is 23.8 Å². The number of aliphatic hydroxyl groups is 1. The molecular weight excluding hydrogens is 327 g/mol. The molecule has 2 aliphatic rings. The zero-order valence-corrected chi connectivity index (χ0v) is 14.2. The molecule has 2 fully saturated rings. The maximum absolute atomic E-state index is 12.8. The van der Waals surface area contributed by atoms with E-state index < -0.39 is 17.7 Å². The number of aliphatic hydroxyl groups excluding tert-OH is 1. The van der Waals surface area contributed by atoms with Crippen LogP contribution in [-0.4, -0.2) is 46.7 Å². The highest BCUT2D eigenvalue weighted by Crippen LogP contribution is 2.36. The monoisotopic (exact) mass is 350 g/mol. The summed E-state index contributed by atoms with van der Waals surface area (Å²) in [5.74, 6) is 0.332. The van der Waals surface area contributed by atoms with Crippen LogP contribution in [0.1, 0.15) is 32.6 Å². The highest BCUT2D eigenvalue weighted by atomic mass is 19.1. The van der Waals surface area contributed by atoms with Gasteiger partial charge in [0.25, 0.3) is 5.91 Å². The summed E-state index contributed by atoms with van der Waals surface area (Å²) in [6.45, 7) is 1.93. The molecule has 0 radical (unpaired) electrons. The number of urea groups is 1. The van der Waals surface area contributed by atoms with Gasteiger partial charge < -0.3 is 15.2 Å². The van der Waals surface area contributed by atoms with Crippen molar-refractivity contribution >= 4 is 11.9 Å². The summed E-state index contributed by atoms with van der Waals surface area (Å²) >= 11 is 0. The zero-order chi connectivity index (χ0) is 18.0. The van der Waals surface area contributed by atoms with Crippen molar-refractivity contribution in [1.29, 1.82) is 0 Å². The van der Waals surface area contributed by atoms with Gasteiger partial charge in [0.2, 0.25) is 0 Å². The third kappa shape index (κ3) is 3.76. The van der Waals surface area contributed by atoms with Gasteiger partial charge >= 0.3 is 6.03 Å². The molecular formula is C18H23FN2O4. The second-order valence-corrected chi connectivity index (χ2v) is 7.03. The van der Waals surface area contributed by atoms with Gasteiger partial charge in [0, 0.05) is 0 Å². The minimum atomic E-state index is -1.02. The molecule has 25 heavy (non-hydrogen) atoms. The molecule has 7 heteroatoms. The first-order valence-electron chi connectivity index (χ1n) is 8.60. The lowest BCUT2D eigenvalue weighted by atomic mass is 9.77. The summed E-state index contributed by atoms with van der Waals surface area (Å²) in [6, 6.07) is 4.96. The first-order chi connectivity index (χ1) is 11.9. The Labute approximate surface area is 146 Å². The normalized spacial score (nSPS) is 27.5. The molecule has 0 unspecified atom stereocenters. The molecule has 1 atom stereocenters. The topological polar surface area (TPSA) is 78.9 Å². The molecule has 0 bridgehead atoms. The quantitative estimate of drug-likeness (QED) is 0.797. The number of β-amino-alcohol motifs (C(OH)–C–C–N with tert-alkyl or cyclic N) is 1. The van der Waals surface area contributed by atoms with E-state index in [1.807, 2.05) is 0 Å². The fourth-order valence-corrected chi connectivity index (χ4v) is 3.42. The number of hydrogen-bond donors (Lipinski definition) is 2. The molecule has 1 saturated carbocycles. The number of hydrogen-bond acceptors (Lipinski definition) is 4. The van der Waals surface area contributed by atoms with Crippen LogP contribution in [0, 0.1) is 11.7 Å². The summed E-state index contributed by atoms with van der Waals surface area (Å²) in [6.07, 6.45) is 2.05. The Morgan fingerprint density at radius 3 is 2.60 bits per heavy atom. The number of carbonyl (C=O) groups is 2. The van der Waals surface area contributed by atoms with E-state index in [0.29, 0.717) is 24.5 Å². The van der Waals surface area contributed by atoms with Gasteiger partial charge in [-0.2, -0.15) is 0 Å². The van der Waals surface area contributed by atoms with Gasteiger partial charge in [-0.3, -0.25) is 9.69 Å². The third-order valence-electron chi connectivity index (χ3n) is 5.02. The summed E-state index contributed by atoms with van der Waals surface area (Å²) in [5, 5.41) is 12.9. The predicted molar refractivity (Wildman–Crippen MR) is 88.5 cm³/mol. The lowest BCUT2D eigenvalue weighted by Gasteiger charge is -2.33. The van der Waals surface area contributed by atoms with Crippen LogP contribution in [-0.2, 0) is 4.79 Å². The van der Waals surface area contributed by atoms with Crippen LogP contribution >= 0.6 is 0 Å². The molecule has 1 aliphatic carbocycles. The number of amides is 3. The third-order valence-corrected chi connectivity index (χ3v) is 5.02. The van der Waals surface area contributed by atoms with Gasteiger partial charge in [-0.1, -0.05) is 6.92 Å². The average molecular weight is 350 g/mol. The fourth-order valence-electron chi connectivity index (χ4n) is 3.42. The summed E-state index contributed by atoms with van der Waals surface area (Å²) in [7, 11) is 0. The maximum Gasteiger partial charge on any atom is 0.325 e. The average Bonchev–Trinajstić information content (AvgIpc) is 2.82. The lowest BCUT2D eigenvalue weighted by Crippen LogP contribution is -2.49. The van der Waals surface area contributed by atoms with E-state index in [1.54, 1.807) is 0 Å². The van der Waals surface area contributed by atoms with E-state index in [0.717, 1.165) is 17.7 Å². The van der Waals surface area contributed by atoms with Crippen molar-refractivity contribution in [2.24, 2.45) is 5.92 Å². The summed E-state index contributed by atoms with van der Waals surface area (Å²) in [5.41, 5.74) is -0.804. The van der Waals surface area contributed by atoms with Crippen LogP contribution in [0.3, 0.4) is 0 Å². The van der Waals surface area contributed by atoms with Crippen molar-refractivity contribution in [2.75, 3.05) is 13.2 Å².